The van der Waals surface area contributed by atoms with Crippen molar-refractivity contribution in [3.8, 4) is 5.75 Å². The van der Waals surface area contributed by atoms with E-state index in [4.69, 9.17) is 5.11 Å². The molecule has 1 atom stereocenters. The lowest BCUT2D eigenvalue weighted by Crippen LogP contribution is -2.54. The second-order valence-electron chi connectivity index (χ2n) is 5.27. The van der Waals surface area contributed by atoms with Crippen LogP contribution < -0.4 is 5.32 Å². The third kappa shape index (κ3) is 3.43. The first-order valence-electron chi connectivity index (χ1n) is 6.71. The number of nitrogens with one attached hydrogen (secondary N) is 1. The predicted molar refractivity (Wildman–Crippen MR) is 77.7 cm³/mol. The molecule has 2 rings (SSSR count). The number of anilines is 1. The summed E-state index contributed by atoms with van der Waals surface area (Å²) in [5.41, 5.74) is 0.0431. The summed E-state index contributed by atoms with van der Waals surface area (Å²) >= 11 is 0. The zero-order valence-electron chi connectivity index (χ0n) is 12.0. The first-order valence-corrected chi connectivity index (χ1v) is 6.71. The molecule has 21 heavy (non-hydrogen) atoms. The number of aromatic hydroxyl groups is 1. The molecule has 0 saturated carbocycles. The van der Waals surface area contributed by atoms with E-state index in [0.717, 1.165) is 19.2 Å². The highest BCUT2D eigenvalue weighted by atomic mass is 16.4. The van der Waals surface area contributed by atoms with E-state index in [9.17, 15) is 14.7 Å². The second kappa shape index (κ2) is 6.01. The summed E-state index contributed by atoms with van der Waals surface area (Å²) in [6, 6.07) is 3.57. The maximum absolute atomic E-state index is 12.3. The zero-order chi connectivity index (χ0) is 15.6. The molecule has 0 aliphatic carbocycles. The third-order valence-electron chi connectivity index (χ3n) is 3.57. The van der Waals surface area contributed by atoms with E-state index >= 15 is 0 Å². The largest absolute Gasteiger partial charge is 0.508 e. The number of aromatic carboxylic acids is 1. The Balaban J connectivity index is 2.14. The summed E-state index contributed by atoms with van der Waals surface area (Å²) < 4.78 is 0. The van der Waals surface area contributed by atoms with Crippen molar-refractivity contribution in [2.75, 3.05) is 32.0 Å². The van der Waals surface area contributed by atoms with Gasteiger partial charge < -0.3 is 25.3 Å². The number of rotatable bonds is 2. The smallest absolute Gasteiger partial charge is 0.337 e. The Kier molecular flexibility index (Phi) is 4.32. The standard InChI is InChI=1S/C14H19N3O4/c1-9-8-16(2)5-6-17(9)14(21)15-12-4-3-10(18)7-11(12)13(19)20/h3-4,7,9,18H,5-6,8H2,1-2H3,(H,15,21)(H,19,20). The van der Waals surface area contributed by atoms with Gasteiger partial charge in [0.1, 0.15) is 5.75 Å². The van der Waals surface area contributed by atoms with Crippen molar-refractivity contribution in [3.05, 3.63) is 23.8 Å². The van der Waals surface area contributed by atoms with Gasteiger partial charge in [0.25, 0.3) is 0 Å². The molecule has 3 N–H and O–H groups in total. The van der Waals surface area contributed by atoms with E-state index in [2.05, 4.69) is 10.2 Å². The lowest BCUT2D eigenvalue weighted by Gasteiger charge is -2.38. The Morgan fingerprint density at radius 3 is 2.67 bits per heavy atom. The molecule has 7 heteroatoms. The highest BCUT2D eigenvalue weighted by Crippen LogP contribution is 2.22. The SMILES string of the molecule is CC1CN(C)CCN1C(=O)Nc1ccc(O)cc1C(=O)O. The molecule has 1 aliphatic heterocycles. The molecular formula is C14H19N3O4. The summed E-state index contributed by atoms with van der Waals surface area (Å²) in [5.74, 6) is -1.36. The number of phenols is 1. The molecular weight excluding hydrogens is 274 g/mol. The summed E-state index contributed by atoms with van der Waals surface area (Å²) in [4.78, 5) is 27.3. The van der Waals surface area contributed by atoms with Crippen molar-refractivity contribution < 1.29 is 19.8 Å². The van der Waals surface area contributed by atoms with Gasteiger partial charge in [-0.1, -0.05) is 0 Å². The molecule has 2 amide bonds. The fraction of sp³-hybridized carbons (Fsp3) is 0.429. The number of urea groups is 1. The lowest BCUT2D eigenvalue weighted by molar-refractivity contribution is 0.0697. The molecule has 1 aromatic rings. The van der Waals surface area contributed by atoms with Crippen LogP contribution in [0, 0.1) is 0 Å². The van der Waals surface area contributed by atoms with Crippen LogP contribution in [0.5, 0.6) is 5.75 Å². The van der Waals surface area contributed by atoms with Crippen molar-refractivity contribution in [2.24, 2.45) is 0 Å². The number of carboxylic acids is 1. The number of piperazine rings is 1. The number of hydrogen-bond donors (Lipinski definition) is 3. The van der Waals surface area contributed by atoms with Gasteiger partial charge in [-0.25, -0.2) is 9.59 Å². The van der Waals surface area contributed by atoms with E-state index < -0.39 is 5.97 Å². The van der Waals surface area contributed by atoms with Gasteiger partial charge >= 0.3 is 12.0 Å². The van der Waals surface area contributed by atoms with Crippen LogP contribution >= 0.6 is 0 Å². The molecule has 1 heterocycles. The minimum absolute atomic E-state index is 0.0501. The van der Waals surface area contributed by atoms with Gasteiger partial charge in [0, 0.05) is 25.7 Å². The number of nitrogens with zero attached hydrogens (tertiary/aromatic N) is 2. The minimum Gasteiger partial charge on any atom is -0.508 e. The van der Waals surface area contributed by atoms with E-state index in [1.165, 1.54) is 12.1 Å². The number of benzene rings is 1. The molecule has 1 fully saturated rings. The Morgan fingerprint density at radius 2 is 2.05 bits per heavy atom. The molecule has 0 aromatic heterocycles. The lowest BCUT2D eigenvalue weighted by atomic mass is 10.1. The quantitative estimate of drug-likeness (QED) is 0.714. The fourth-order valence-electron chi connectivity index (χ4n) is 2.45. The van der Waals surface area contributed by atoms with E-state index in [1.54, 1.807) is 4.90 Å². The molecule has 7 nitrogen and oxygen atoms in total. The van der Waals surface area contributed by atoms with Crippen molar-refractivity contribution in [3.63, 3.8) is 0 Å². The monoisotopic (exact) mass is 293 g/mol. The minimum atomic E-state index is -1.20. The number of amides is 2. The maximum Gasteiger partial charge on any atom is 0.337 e. The number of phenolic OH excluding ortho intramolecular Hbond substituents is 1. The van der Waals surface area contributed by atoms with Gasteiger partial charge in [0.15, 0.2) is 0 Å². The maximum atomic E-state index is 12.3. The van der Waals surface area contributed by atoms with Crippen LogP contribution in [0.15, 0.2) is 18.2 Å². The van der Waals surface area contributed by atoms with Crippen LogP contribution in [0.3, 0.4) is 0 Å². The fourth-order valence-corrected chi connectivity index (χ4v) is 2.45. The normalized spacial score (nSPS) is 19.3. The molecule has 1 aliphatic rings. The molecule has 114 valence electrons. The molecule has 1 unspecified atom stereocenters. The van der Waals surface area contributed by atoms with E-state index in [-0.39, 0.29) is 29.1 Å². The molecule has 0 bridgehead atoms. The molecule has 0 radical (unpaired) electrons. The summed E-state index contributed by atoms with van der Waals surface area (Å²) in [5, 5.41) is 21.1. The summed E-state index contributed by atoms with van der Waals surface area (Å²) in [7, 11) is 1.99. The molecule has 0 spiro atoms. The van der Waals surface area contributed by atoms with Crippen molar-refractivity contribution in [1.29, 1.82) is 0 Å². The summed E-state index contributed by atoms with van der Waals surface area (Å²) in [6.45, 7) is 4.09. The first kappa shape index (κ1) is 15.1. The number of carbonyl (C=O) groups excluding carboxylic acids is 1. The summed E-state index contributed by atoms with van der Waals surface area (Å²) in [6.07, 6.45) is 0. The van der Waals surface area contributed by atoms with Crippen LogP contribution in [0.4, 0.5) is 10.5 Å². The van der Waals surface area contributed by atoms with Gasteiger partial charge in [-0.2, -0.15) is 0 Å². The van der Waals surface area contributed by atoms with Crippen molar-refractivity contribution in [1.82, 2.24) is 9.80 Å². The Morgan fingerprint density at radius 1 is 1.33 bits per heavy atom. The van der Waals surface area contributed by atoms with E-state index in [1.807, 2.05) is 14.0 Å². The van der Waals surface area contributed by atoms with Gasteiger partial charge in [0.2, 0.25) is 0 Å². The predicted octanol–water partition coefficient (Wildman–Crippen LogP) is 1.26. The van der Waals surface area contributed by atoms with Gasteiger partial charge in [-0.15, -0.1) is 0 Å². The highest BCUT2D eigenvalue weighted by molar-refractivity contribution is 6.00. The topological polar surface area (TPSA) is 93.1 Å². The Hall–Kier alpha value is -2.28. The number of likely N-dealkylation sites (N-methyl/N-ethyl adjacent to an activating group) is 1. The second-order valence-corrected chi connectivity index (χ2v) is 5.27. The Labute approximate surface area is 122 Å². The number of carbonyl (C=O) groups is 2. The average Bonchev–Trinajstić information content (AvgIpc) is 2.40. The first-order chi connectivity index (χ1) is 9.88. The zero-order valence-corrected chi connectivity index (χ0v) is 12.0. The van der Waals surface area contributed by atoms with Crippen molar-refractivity contribution in [2.45, 2.75) is 13.0 Å². The van der Waals surface area contributed by atoms with Crippen LogP contribution in [-0.2, 0) is 0 Å². The van der Waals surface area contributed by atoms with Gasteiger partial charge in [-0.3, -0.25) is 0 Å². The third-order valence-corrected chi connectivity index (χ3v) is 3.57. The molecule has 1 saturated heterocycles. The van der Waals surface area contributed by atoms with Crippen LogP contribution in [0.2, 0.25) is 0 Å². The van der Waals surface area contributed by atoms with Gasteiger partial charge in [0.05, 0.1) is 11.3 Å². The Bertz CT molecular complexity index is 561. The van der Waals surface area contributed by atoms with Gasteiger partial charge in [-0.05, 0) is 32.2 Å². The number of hydrogen-bond acceptors (Lipinski definition) is 4. The van der Waals surface area contributed by atoms with Crippen LogP contribution in [0.25, 0.3) is 0 Å². The number of carboxylic acid groups (broad SMARTS) is 1. The van der Waals surface area contributed by atoms with Crippen LogP contribution in [0.1, 0.15) is 17.3 Å². The molecule has 1 aromatic carbocycles. The van der Waals surface area contributed by atoms with E-state index in [0.29, 0.717) is 6.54 Å². The van der Waals surface area contributed by atoms with Crippen LogP contribution in [-0.4, -0.2) is 64.7 Å². The van der Waals surface area contributed by atoms with Crippen molar-refractivity contribution >= 4 is 17.7 Å². The highest BCUT2D eigenvalue weighted by Gasteiger charge is 2.26. The average molecular weight is 293 g/mol.